The van der Waals surface area contributed by atoms with Crippen LogP contribution in [0.15, 0.2) is 29.2 Å². The highest BCUT2D eigenvalue weighted by atomic mass is 35.5. The van der Waals surface area contributed by atoms with Gasteiger partial charge in [0.15, 0.2) is 0 Å². The summed E-state index contributed by atoms with van der Waals surface area (Å²) in [6.45, 7) is 5.17. The number of rotatable bonds is 4. The third-order valence-corrected chi connectivity index (χ3v) is 6.10. The van der Waals surface area contributed by atoms with Gasteiger partial charge in [-0.05, 0) is 42.9 Å². The molecule has 1 heterocycles. The molecule has 1 saturated heterocycles. The highest BCUT2D eigenvalue weighted by Crippen LogP contribution is 2.28. The maximum absolute atomic E-state index is 12.7. The first kappa shape index (κ1) is 18.4. The minimum atomic E-state index is -3.42. The van der Waals surface area contributed by atoms with Crippen molar-refractivity contribution in [1.82, 2.24) is 4.31 Å². The molecule has 0 saturated carbocycles. The average Bonchev–Trinajstić information content (AvgIpc) is 2.46. The number of hydrogen-bond donors (Lipinski definition) is 1. The fourth-order valence-electron chi connectivity index (χ4n) is 2.79. The van der Waals surface area contributed by atoms with Gasteiger partial charge in [-0.15, -0.1) is 12.4 Å². The van der Waals surface area contributed by atoms with Crippen molar-refractivity contribution in [2.45, 2.75) is 44.0 Å². The molecule has 2 unspecified atom stereocenters. The van der Waals surface area contributed by atoms with E-state index in [-0.39, 0.29) is 18.4 Å². The molecular weight excluding hydrogens is 308 g/mol. The number of halogens is 1. The summed E-state index contributed by atoms with van der Waals surface area (Å²) in [5.41, 5.74) is 6.92. The van der Waals surface area contributed by atoms with Crippen molar-refractivity contribution in [3.63, 3.8) is 0 Å². The van der Waals surface area contributed by atoms with Crippen LogP contribution in [0.2, 0.25) is 0 Å². The Balaban J connectivity index is 0.00000220. The Bertz CT molecular complexity index is 545. The molecule has 0 bridgehead atoms. The van der Waals surface area contributed by atoms with E-state index in [1.165, 1.54) is 0 Å². The van der Waals surface area contributed by atoms with Crippen molar-refractivity contribution < 1.29 is 8.42 Å². The second-order valence-electron chi connectivity index (χ2n) is 5.63. The van der Waals surface area contributed by atoms with Gasteiger partial charge in [-0.1, -0.05) is 26.0 Å². The van der Waals surface area contributed by atoms with Crippen molar-refractivity contribution in [3.8, 4) is 0 Å². The number of sulfonamides is 1. The van der Waals surface area contributed by atoms with Gasteiger partial charge in [0.25, 0.3) is 0 Å². The van der Waals surface area contributed by atoms with Crippen LogP contribution in [0.1, 0.15) is 32.3 Å². The van der Waals surface area contributed by atoms with Crippen LogP contribution in [0.4, 0.5) is 0 Å². The lowest BCUT2D eigenvalue weighted by Gasteiger charge is -2.36. The van der Waals surface area contributed by atoms with Crippen molar-refractivity contribution in [3.05, 3.63) is 29.8 Å². The zero-order valence-corrected chi connectivity index (χ0v) is 14.3. The van der Waals surface area contributed by atoms with E-state index >= 15 is 0 Å². The molecule has 0 radical (unpaired) electrons. The summed E-state index contributed by atoms with van der Waals surface area (Å²) in [6.07, 6.45) is 2.67. The van der Waals surface area contributed by atoms with Crippen LogP contribution < -0.4 is 5.73 Å². The Morgan fingerprint density at radius 1 is 1.29 bits per heavy atom. The fourth-order valence-corrected chi connectivity index (χ4v) is 4.45. The van der Waals surface area contributed by atoms with Crippen molar-refractivity contribution in [2.75, 3.05) is 13.1 Å². The summed E-state index contributed by atoms with van der Waals surface area (Å²) in [6, 6.07) is 7.11. The van der Waals surface area contributed by atoms with Crippen molar-refractivity contribution >= 4 is 22.4 Å². The Hall–Kier alpha value is -0.620. The summed E-state index contributed by atoms with van der Waals surface area (Å²) in [7, 11) is -3.42. The smallest absolute Gasteiger partial charge is 0.243 e. The molecule has 0 spiro atoms. The minimum absolute atomic E-state index is 0. The second kappa shape index (κ2) is 7.58. The average molecular weight is 333 g/mol. The molecule has 1 aliphatic heterocycles. The number of nitrogens with two attached hydrogens (primary N) is 1. The topological polar surface area (TPSA) is 63.4 Å². The molecule has 1 aromatic rings. The van der Waals surface area contributed by atoms with E-state index in [1.807, 2.05) is 12.1 Å². The molecule has 4 nitrogen and oxygen atoms in total. The lowest BCUT2D eigenvalue weighted by molar-refractivity contribution is 0.211. The largest absolute Gasteiger partial charge is 0.329 e. The minimum Gasteiger partial charge on any atom is -0.329 e. The number of hydrogen-bond acceptors (Lipinski definition) is 3. The lowest BCUT2D eigenvalue weighted by atomic mass is 9.94. The van der Waals surface area contributed by atoms with E-state index in [2.05, 4.69) is 13.8 Å². The first-order valence-corrected chi connectivity index (χ1v) is 8.74. The quantitative estimate of drug-likeness (QED) is 0.921. The van der Waals surface area contributed by atoms with Crippen molar-refractivity contribution in [1.29, 1.82) is 0 Å². The molecule has 0 aromatic heterocycles. The van der Waals surface area contributed by atoms with Crippen LogP contribution in [0.3, 0.4) is 0 Å². The maximum Gasteiger partial charge on any atom is 0.243 e. The van der Waals surface area contributed by atoms with Crippen LogP contribution in [-0.4, -0.2) is 31.9 Å². The summed E-state index contributed by atoms with van der Waals surface area (Å²) in [5, 5.41) is 0. The van der Waals surface area contributed by atoms with Gasteiger partial charge in [-0.2, -0.15) is 4.31 Å². The van der Waals surface area contributed by atoms with Crippen LogP contribution >= 0.6 is 12.4 Å². The van der Waals surface area contributed by atoms with Gasteiger partial charge in [-0.25, -0.2) is 8.42 Å². The van der Waals surface area contributed by atoms with Gasteiger partial charge in [0.1, 0.15) is 0 Å². The standard InChI is InChI=1S/C15H24N2O2S.ClH/c1-3-13-4-6-15(7-5-13)20(18,19)17-9-8-12(2)10-14(17)11-16;/h4-7,12,14H,3,8-11,16H2,1-2H3;1H. The molecule has 2 rings (SSSR count). The molecule has 1 fully saturated rings. The van der Waals surface area contributed by atoms with Crippen molar-refractivity contribution in [2.24, 2.45) is 11.7 Å². The third-order valence-electron chi connectivity index (χ3n) is 4.13. The maximum atomic E-state index is 12.7. The van der Waals surface area contributed by atoms with Crippen LogP contribution in [-0.2, 0) is 16.4 Å². The third kappa shape index (κ3) is 3.97. The molecule has 1 aliphatic rings. The summed E-state index contributed by atoms with van der Waals surface area (Å²) < 4.78 is 27.1. The van der Waals surface area contributed by atoms with Gasteiger partial charge in [0, 0.05) is 19.1 Å². The zero-order chi connectivity index (χ0) is 14.8. The second-order valence-corrected chi connectivity index (χ2v) is 7.52. The molecule has 0 amide bonds. The number of piperidine rings is 1. The van der Waals surface area contributed by atoms with Gasteiger partial charge >= 0.3 is 0 Å². The Morgan fingerprint density at radius 3 is 2.43 bits per heavy atom. The van der Waals surface area contributed by atoms with Crippen LogP contribution in [0, 0.1) is 5.92 Å². The van der Waals surface area contributed by atoms with Gasteiger partial charge < -0.3 is 5.73 Å². The molecule has 2 N–H and O–H groups in total. The summed E-state index contributed by atoms with van der Waals surface area (Å²) in [4.78, 5) is 0.378. The lowest BCUT2D eigenvalue weighted by Crippen LogP contribution is -2.49. The number of nitrogens with zero attached hydrogens (tertiary/aromatic N) is 1. The first-order valence-electron chi connectivity index (χ1n) is 7.30. The monoisotopic (exact) mass is 332 g/mol. The predicted octanol–water partition coefficient (Wildman–Crippen LogP) is 2.42. The molecule has 1 aromatic carbocycles. The first-order chi connectivity index (χ1) is 9.48. The Morgan fingerprint density at radius 2 is 1.90 bits per heavy atom. The predicted molar refractivity (Wildman–Crippen MR) is 88.2 cm³/mol. The van der Waals surface area contributed by atoms with E-state index in [4.69, 9.17) is 5.73 Å². The Kier molecular flexibility index (Phi) is 6.66. The van der Waals surface area contributed by atoms with Gasteiger partial charge in [0.05, 0.1) is 4.90 Å². The molecule has 21 heavy (non-hydrogen) atoms. The van der Waals surface area contributed by atoms with Gasteiger partial charge in [0.2, 0.25) is 10.0 Å². The summed E-state index contributed by atoms with van der Waals surface area (Å²) >= 11 is 0. The molecule has 0 aliphatic carbocycles. The van der Waals surface area contributed by atoms with E-state index < -0.39 is 10.0 Å². The zero-order valence-electron chi connectivity index (χ0n) is 12.7. The highest BCUT2D eigenvalue weighted by Gasteiger charge is 2.34. The molecule has 6 heteroatoms. The van der Waals surface area contributed by atoms with Gasteiger partial charge in [-0.3, -0.25) is 0 Å². The molecular formula is C15H25ClN2O2S. The SMILES string of the molecule is CCc1ccc(S(=O)(=O)N2CCC(C)CC2CN)cc1.Cl. The van der Waals surface area contributed by atoms with E-state index in [1.54, 1.807) is 16.4 Å². The highest BCUT2D eigenvalue weighted by molar-refractivity contribution is 7.89. The molecule has 2 atom stereocenters. The fraction of sp³-hybridized carbons (Fsp3) is 0.600. The molecule has 120 valence electrons. The van der Waals surface area contributed by atoms with Crippen LogP contribution in [0.25, 0.3) is 0 Å². The Labute approximate surface area is 134 Å². The summed E-state index contributed by atoms with van der Waals surface area (Å²) in [5.74, 6) is 0.539. The van der Waals surface area contributed by atoms with Crippen LogP contribution in [0.5, 0.6) is 0 Å². The number of benzene rings is 1. The normalized spacial score (nSPS) is 23.6. The van der Waals surface area contributed by atoms with E-state index in [9.17, 15) is 8.42 Å². The van der Waals surface area contributed by atoms with E-state index in [0.717, 1.165) is 24.8 Å². The van der Waals surface area contributed by atoms with E-state index in [0.29, 0.717) is 23.9 Å². The number of aryl methyl sites for hydroxylation is 1.